The van der Waals surface area contributed by atoms with E-state index < -0.39 is 0 Å². The van der Waals surface area contributed by atoms with Crippen molar-refractivity contribution in [1.29, 1.82) is 0 Å². The van der Waals surface area contributed by atoms with Crippen LogP contribution in [0.5, 0.6) is 0 Å². The highest BCUT2D eigenvalue weighted by Crippen LogP contribution is 1.95. The lowest BCUT2D eigenvalue weighted by atomic mass is 10.3. The van der Waals surface area contributed by atoms with Gasteiger partial charge in [-0.2, -0.15) is 0 Å². The second kappa shape index (κ2) is 8.71. The maximum absolute atomic E-state index is 11.2. The Morgan fingerprint density at radius 1 is 1.27 bits per heavy atom. The van der Waals surface area contributed by atoms with Crippen molar-refractivity contribution in [2.45, 2.75) is 37.9 Å². The normalized spacial score (nSPS) is 11.9. The molecule has 88 valence electrons. The largest absolute Gasteiger partial charge is 0.356 e. The Balaban J connectivity index is 3.42. The Bertz CT molecular complexity index is 208. The number of halogens is 1. The molecule has 0 aliphatic heterocycles. The van der Waals surface area contributed by atoms with E-state index in [1.807, 2.05) is 0 Å². The molecule has 2 N–H and O–H groups in total. The third-order valence-electron chi connectivity index (χ3n) is 1.87. The lowest BCUT2D eigenvalue weighted by Gasteiger charge is -2.07. The fourth-order valence-corrected chi connectivity index (χ4v) is 1.09. The number of hydrogen-bond donors (Lipinski definition) is 2. The molecule has 0 fully saturated rings. The second-order valence-corrected chi connectivity index (χ2v) is 4.73. The topological polar surface area (TPSA) is 58.2 Å². The average Bonchev–Trinajstić information content (AvgIpc) is 2.18. The third kappa shape index (κ3) is 8.42. The summed E-state index contributed by atoms with van der Waals surface area (Å²) in [6, 6.07) is 0. The van der Waals surface area contributed by atoms with E-state index in [1.54, 1.807) is 6.92 Å². The van der Waals surface area contributed by atoms with E-state index in [1.165, 1.54) is 0 Å². The van der Waals surface area contributed by atoms with Crippen LogP contribution in [0.2, 0.25) is 0 Å². The molecule has 15 heavy (non-hydrogen) atoms. The molecule has 4 nitrogen and oxygen atoms in total. The molecular weight excluding hydrogens is 260 g/mol. The summed E-state index contributed by atoms with van der Waals surface area (Å²) in [4.78, 5) is 22.1. The molecule has 0 saturated heterocycles. The highest BCUT2D eigenvalue weighted by Gasteiger charge is 2.08. The van der Waals surface area contributed by atoms with E-state index in [9.17, 15) is 9.59 Å². The molecule has 2 amide bonds. The molecule has 0 rings (SSSR count). The van der Waals surface area contributed by atoms with E-state index in [4.69, 9.17) is 0 Å². The van der Waals surface area contributed by atoms with Crippen molar-refractivity contribution < 1.29 is 9.59 Å². The Morgan fingerprint density at radius 2 is 1.93 bits per heavy atom. The van der Waals surface area contributed by atoms with Crippen LogP contribution in [0, 0.1) is 0 Å². The van der Waals surface area contributed by atoms with Crippen molar-refractivity contribution in [2.24, 2.45) is 0 Å². The summed E-state index contributed by atoms with van der Waals surface area (Å²) in [6.07, 6.45) is 2.41. The van der Waals surface area contributed by atoms with Crippen molar-refractivity contribution in [3.63, 3.8) is 0 Å². The molecule has 0 heterocycles. The molecule has 0 aromatic heterocycles. The van der Waals surface area contributed by atoms with Gasteiger partial charge >= 0.3 is 0 Å². The summed E-state index contributed by atoms with van der Waals surface area (Å²) in [5.74, 6) is -0.0951. The number of amides is 2. The van der Waals surface area contributed by atoms with Crippen molar-refractivity contribution in [2.75, 3.05) is 13.1 Å². The van der Waals surface area contributed by atoms with Crippen LogP contribution < -0.4 is 10.6 Å². The monoisotopic (exact) mass is 278 g/mol. The summed E-state index contributed by atoms with van der Waals surface area (Å²) in [6.45, 7) is 4.94. The summed E-state index contributed by atoms with van der Waals surface area (Å²) >= 11 is 3.15. The van der Waals surface area contributed by atoms with Crippen LogP contribution in [0.15, 0.2) is 0 Å². The number of alkyl halides is 1. The lowest BCUT2D eigenvalue weighted by Crippen LogP contribution is -2.34. The van der Waals surface area contributed by atoms with Gasteiger partial charge in [-0.1, -0.05) is 29.3 Å². The third-order valence-corrected chi connectivity index (χ3v) is 2.28. The first kappa shape index (κ1) is 14.4. The summed E-state index contributed by atoms with van der Waals surface area (Å²) in [5, 5.41) is 5.44. The predicted molar refractivity (Wildman–Crippen MR) is 63.9 cm³/mol. The summed E-state index contributed by atoms with van der Waals surface area (Å²) in [7, 11) is 0. The molecule has 0 aromatic rings. The van der Waals surface area contributed by atoms with Crippen molar-refractivity contribution >= 4 is 27.7 Å². The first-order valence-corrected chi connectivity index (χ1v) is 6.18. The zero-order valence-corrected chi connectivity index (χ0v) is 10.9. The van der Waals surface area contributed by atoms with Gasteiger partial charge in [0.15, 0.2) is 0 Å². The van der Waals surface area contributed by atoms with Gasteiger partial charge in [-0.05, 0) is 13.3 Å². The van der Waals surface area contributed by atoms with Crippen LogP contribution in [0.1, 0.15) is 33.1 Å². The van der Waals surface area contributed by atoms with Gasteiger partial charge in [-0.3, -0.25) is 9.59 Å². The molecule has 0 saturated carbocycles. The van der Waals surface area contributed by atoms with Crippen LogP contribution >= 0.6 is 15.9 Å². The molecule has 0 aromatic carbocycles. The number of rotatable bonds is 7. The van der Waals surface area contributed by atoms with Gasteiger partial charge in [0.1, 0.15) is 0 Å². The number of carbonyl (C=O) groups is 2. The number of carbonyl (C=O) groups excluding carboxylic acids is 2. The highest BCUT2D eigenvalue weighted by atomic mass is 79.9. The van der Waals surface area contributed by atoms with Crippen LogP contribution in [0.3, 0.4) is 0 Å². The van der Waals surface area contributed by atoms with Gasteiger partial charge in [0.2, 0.25) is 11.8 Å². The van der Waals surface area contributed by atoms with Crippen LogP contribution in [0.25, 0.3) is 0 Å². The lowest BCUT2D eigenvalue weighted by molar-refractivity contribution is -0.121. The van der Waals surface area contributed by atoms with Crippen molar-refractivity contribution in [3.8, 4) is 0 Å². The van der Waals surface area contributed by atoms with Gasteiger partial charge < -0.3 is 10.6 Å². The predicted octanol–water partition coefficient (Wildman–Crippen LogP) is 1.19. The smallest absolute Gasteiger partial charge is 0.233 e. The molecule has 0 aliphatic rings. The van der Waals surface area contributed by atoms with E-state index in [2.05, 4.69) is 33.5 Å². The minimum atomic E-state index is -0.208. The van der Waals surface area contributed by atoms with E-state index >= 15 is 0 Å². The average molecular weight is 279 g/mol. The maximum Gasteiger partial charge on any atom is 0.233 e. The van der Waals surface area contributed by atoms with Gasteiger partial charge in [0.25, 0.3) is 0 Å². The van der Waals surface area contributed by atoms with E-state index in [0.29, 0.717) is 13.0 Å². The highest BCUT2D eigenvalue weighted by molar-refractivity contribution is 9.10. The standard InChI is InChI=1S/C10H19BrN2O2/c1-3-4-6-12-9(14)5-7-13-10(15)8(2)11/h8H,3-7H2,1-2H3,(H,12,14)(H,13,15). The first-order chi connectivity index (χ1) is 7.07. The molecule has 0 spiro atoms. The van der Waals surface area contributed by atoms with Crippen molar-refractivity contribution in [3.05, 3.63) is 0 Å². The molecule has 0 bridgehead atoms. The first-order valence-electron chi connectivity index (χ1n) is 5.26. The van der Waals surface area contributed by atoms with E-state index in [0.717, 1.165) is 19.4 Å². The van der Waals surface area contributed by atoms with E-state index in [-0.39, 0.29) is 16.6 Å². The summed E-state index contributed by atoms with van der Waals surface area (Å²) in [5.41, 5.74) is 0. The Morgan fingerprint density at radius 3 is 2.47 bits per heavy atom. The minimum Gasteiger partial charge on any atom is -0.356 e. The zero-order valence-electron chi connectivity index (χ0n) is 9.31. The molecule has 1 atom stereocenters. The quantitative estimate of drug-likeness (QED) is 0.543. The van der Waals surface area contributed by atoms with Gasteiger partial charge in [-0.15, -0.1) is 0 Å². The van der Waals surface area contributed by atoms with Crippen LogP contribution in [0.4, 0.5) is 0 Å². The van der Waals surface area contributed by atoms with Gasteiger partial charge in [-0.25, -0.2) is 0 Å². The zero-order chi connectivity index (χ0) is 11.7. The molecule has 1 unspecified atom stereocenters. The molecule has 5 heteroatoms. The minimum absolute atomic E-state index is 0.00836. The molecule has 0 radical (unpaired) electrons. The number of unbranched alkanes of at least 4 members (excludes halogenated alkanes) is 1. The van der Waals surface area contributed by atoms with Crippen LogP contribution in [-0.2, 0) is 9.59 Å². The number of hydrogen-bond acceptors (Lipinski definition) is 2. The van der Waals surface area contributed by atoms with Gasteiger partial charge in [0.05, 0.1) is 4.83 Å². The Labute approximate surface area is 99.3 Å². The number of nitrogens with one attached hydrogen (secondary N) is 2. The SMILES string of the molecule is CCCCNC(=O)CCNC(=O)C(C)Br. The Hall–Kier alpha value is -0.580. The van der Waals surface area contributed by atoms with Gasteiger partial charge in [0, 0.05) is 19.5 Å². The molecular formula is C10H19BrN2O2. The Kier molecular flexibility index (Phi) is 8.37. The molecule has 0 aliphatic carbocycles. The second-order valence-electron chi connectivity index (χ2n) is 3.36. The van der Waals surface area contributed by atoms with Crippen molar-refractivity contribution in [1.82, 2.24) is 10.6 Å². The maximum atomic E-state index is 11.2. The summed E-state index contributed by atoms with van der Waals surface area (Å²) < 4.78 is 0. The fourth-order valence-electron chi connectivity index (χ4n) is 0.933. The van der Waals surface area contributed by atoms with Crippen LogP contribution in [-0.4, -0.2) is 29.7 Å². The fraction of sp³-hybridized carbons (Fsp3) is 0.800.